The number of hydrogen-bond donors (Lipinski definition) is 1. The molecule has 0 aliphatic heterocycles. The molecule has 0 bridgehead atoms. The van der Waals surface area contributed by atoms with E-state index in [0.29, 0.717) is 0 Å². The Morgan fingerprint density at radius 3 is 2.46 bits per heavy atom. The van der Waals surface area contributed by atoms with Gasteiger partial charge in [0.1, 0.15) is 0 Å². The molecule has 0 fully saturated rings. The SMILES string of the molecule is CC(Cl)[C@H](O)CCc1ccccc1. The zero-order valence-electron chi connectivity index (χ0n) is 7.78. The van der Waals surface area contributed by atoms with Crippen LogP contribution < -0.4 is 0 Å². The zero-order chi connectivity index (χ0) is 9.68. The lowest BCUT2D eigenvalue weighted by Crippen LogP contribution is -2.18. The smallest absolute Gasteiger partial charge is 0.0704 e. The molecular formula is C11H15ClO. The summed E-state index contributed by atoms with van der Waals surface area (Å²) in [5.74, 6) is 0. The molecule has 1 aromatic rings. The molecule has 0 amide bonds. The van der Waals surface area contributed by atoms with E-state index in [1.54, 1.807) is 0 Å². The Morgan fingerprint density at radius 1 is 1.31 bits per heavy atom. The summed E-state index contributed by atoms with van der Waals surface area (Å²) in [5, 5.41) is 9.29. The van der Waals surface area contributed by atoms with Crippen molar-refractivity contribution in [2.45, 2.75) is 31.2 Å². The molecule has 0 saturated heterocycles. The molecule has 0 aliphatic carbocycles. The third kappa shape index (κ3) is 3.79. The van der Waals surface area contributed by atoms with E-state index in [-0.39, 0.29) is 5.38 Å². The minimum atomic E-state index is -0.401. The highest BCUT2D eigenvalue weighted by molar-refractivity contribution is 6.20. The summed E-state index contributed by atoms with van der Waals surface area (Å²) in [6.45, 7) is 1.82. The first-order valence-corrected chi connectivity index (χ1v) is 5.00. The maximum atomic E-state index is 9.46. The molecule has 2 atom stereocenters. The Kier molecular flexibility index (Phi) is 4.26. The molecule has 72 valence electrons. The van der Waals surface area contributed by atoms with E-state index in [1.807, 2.05) is 25.1 Å². The van der Waals surface area contributed by atoms with Gasteiger partial charge >= 0.3 is 0 Å². The van der Waals surface area contributed by atoms with Crippen LogP contribution in [0, 0.1) is 0 Å². The predicted molar refractivity (Wildman–Crippen MR) is 56.1 cm³/mol. The van der Waals surface area contributed by atoms with Crippen LogP contribution >= 0.6 is 11.6 Å². The van der Waals surface area contributed by atoms with Crippen LogP contribution in [0.1, 0.15) is 18.9 Å². The Morgan fingerprint density at radius 2 is 1.92 bits per heavy atom. The van der Waals surface area contributed by atoms with Crippen molar-refractivity contribution in [1.29, 1.82) is 0 Å². The molecule has 1 aromatic carbocycles. The Bertz CT molecular complexity index is 233. The average molecular weight is 199 g/mol. The standard InChI is InChI=1S/C11H15ClO/c1-9(12)11(13)8-7-10-5-3-2-4-6-10/h2-6,9,11,13H,7-8H2,1H3/t9?,11-/m1/s1. The van der Waals surface area contributed by atoms with Crippen LogP contribution in [-0.4, -0.2) is 16.6 Å². The van der Waals surface area contributed by atoms with Crippen LogP contribution in [0.25, 0.3) is 0 Å². The molecule has 0 saturated carbocycles. The number of rotatable bonds is 4. The molecule has 1 unspecified atom stereocenters. The lowest BCUT2D eigenvalue weighted by Gasteiger charge is -2.11. The largest absolute Gasteiger partial charge is 0.392 e. The Labute approximate surface area is 84.4 Å². The number of aryl methyl sites for hydroxylation is 1. The predicted octanol–water partition coefficient (Wildman–Crippen LogP) is 2.61. The van der Waals surface area contributed by atoms with Crippen molar-refractivity contribution in [3.8, 4) is 0 Å². The zero-order valence-corrected chi connectivity index (χ0v) is 8.54. The molecule has 0 spiro atoms. The monoisotopic (exact) mass is 198 g/mol. The highest BCUT2D eigenvalue weighted by Gasteiger charge is 2.10. The van der Waals surface area contributed by atoms with Crippen LogP contribution in [0.15, 0.2) is 30.3 Å². The molecule has 0 heterocycles. The van der Waals surface area contributed by atoms with Crippen molar-refractivity contribution >= 4 is 11.6 Å². The summed E-state index contributed by atoms with van der Waals surface area (Å²) >= 11 is 5.74. The quantitative estimate of drug-likeness (QED) is 0.738. The van der Waals surface area contributed by atoms with Crippen molar-refractivity contribution in [3.05, 3.63) is 35.9 Å². The summed E-state index contributed by atoms with van der Waals surface area (Å²) in [6, 6.07) is 10.1. The van der Waals surface area contributed by atoms with Gasteiger partial charge in [0.05, 0.1) is 11.5 Å². The second-order valence-electron chi connectivity index (χ2n) is 3.27. The summed E-state index contributed by atoms with van der Waals surface area (Å²) in [6.07, 6.45) is 1.22. The Hall–Kier alpha value is -0.530. The van der Waals surface area contributed by atoms with Gasteiger partial charge in [-0.15, -0.1) is 11.6 Å². The normalized spacial score (nSPS) is 15.3. The van der Waals surface area contributed by atoms with Crippen LogP contribution in [0.5, 0.6) is 0 Å². The molecule has 13 heavy (non-hydrogen) atoms. The fourth-order valence-electron chi connectivity index (χ4n) is 1.19. The van der Waals surface area contributed by atoms with Gasteiger partial charge in [0.15, 0.2) is 0 Å². The average Bonchev–Trinajstić information content (AvgIpc) is 2.15. The van der Waals surface area contributed by atoms with E-state index < -0.39 is 6.10 Å². The second kappa shape index (κ2) is 5.25. The third-order valence-corrected chi connectivity index (χ3v) is 2.39. The number of halogens is 1. The van der Waals surface area contributed by atoms with Crippen LogP contribution in [0.3, 0.4) is 0 Å². The second-order valence-corrected chi connectivity index (χ2v) is 3.96. The fraction of sp³-hybridized carbons (Fsp3) is 0.455. The molecule has 0 aliphatic rings. The fourth-order valence-corrected chi connectivity index (χ4v) is 1.31. The van der Waals surface area contributed by atoms with Gasteiger partial charge in [-0.05, 0) is 25.3 Å². The number of alkyl halides is 1. The number of aliphatic hydroxyl groups excluding tert-OH is 1. The summed E-state index contributed by atoms with van der Waals surface area (Å²) < 4.78 is 0. The highest BCUT2D eigenvalue weighted by Crippen LogP contribution is 2.10. The molecular weight excluding hydrogens is 184 g/mol. The van der Waals surface area contributed by atoms with Gasteiger partial charge in [-0.25, -0.2) is 0 Å². The first-order valence-electron chi connectivity index (χ1n) is 4.56. The molecule has 1 rings (SSSR count). The van der Waals surface area contributed by atoms with E-state index in [1.165, 1.54) is 5.56 Å². The third-order valence-electron chi connectivity index (χ3n) is 2.10. The number of hydrogen-bond acceptors (Lipinski definition) is 1. The van der Waals surface area contributed by atoms with Crippen molar-refractivity contribution in [1.82, 2.24) is 0 Å². The highest BCUT2D eigenvalue weighted by atomic mass is 35.5. The lowest BCUT2D eigenvalue weighted by atomic mass is 10.1. The van der Waals surface area contributed by atoms with Gasteiger partial charge in [-0.3, -0.25) is 0 Å². The molecule has 0 radical (unpaired) electrons. The van der Waals surface area contributed by atoms with Crippen LogP contribution in [0.2, 0.25) is 0 Å². The minimum absolute atomic E-state index is 0.163. The van der Waals surface area contributed by atoms with Gasteiger partial charge in [-0.2, -0.15) is 0 Å². The number of aliphatic hydroxyl groups is 1. The van der Waals surface area contributed by atoms with E-state index in [2.05, 4.69) is 12.1 Å². The lowest BCUT2D eigenvalue weighted by molar-refractivity contribution is 0.164. The van der Waals surface area contributed by atoms with E-state index in [9.17, 15) is 5.11 Å². The van der Waals surface area contributed by atoms with E-state index >= 15 is 0 Å². The Balaban J connectivity index is 2.35. The van der Waals surface area contributed by atoms with E-state index in [4.69, 9.17) is 11.6 Å². The van der Waals surface area contributed by atoms with Gasteiger partial charge < -0.3 is 5.11 Å². The summed E-state index contributed by atoms with van der Waals surface area (Å²) in [4.78, 5) is 0. The van der Waals surface area contributed by atoms with Gasteiger partial charge in [0.2, 0.25) is 0 Å². The van der Waals surface area contributed by atoms with Gasteiger partial charge in [0.25, 0.3) is 0 Å². The van der Waals surface area contributed by atoms with Crippen molar-refractivity contribution in [3.63, 3.8) is 0 Å². The van der Waals surface area contributed by atoms with Crippen molar-refractivity contribution < 1.29 is 5.11 Å². The first-order chi connectivity index (χ1) is 6.20. The summed E-state index contributed by atoms with van der Waals surface area (Å²) in [5.41, 5.74) is 1.25. The molecule has 2 heteroatoms. The molecule has 0 aromatic heterocycles. The topological polar surface area (TPSA) is 20.2 Å². The maximum Gasteiger partial charge on any atom is 0.0704 e. The van der Waals surface area contributed by atoms with Crippen molar-refractivity contribution in [2.24, 2.45) is 0 Å². The van der Waals surface area contributed by atoms with E-state index in [0.717, 1.165) is 12.8 Å². The van der Waals surface area contributed by atoms with Gasteiger partial charge in [-0.1, -0.05) is 30.3 Å². The molecule has 1 N–H and O–H groups in total. The van der Waals surface area contributed by atoms with Crippen LogP contribution in [0.4, 0.5) is 0 Å². The van der Waals surface area contributed by atoms with Crippen LogP contribution in [-0.2, 0) is 6.42 Å². The molecule has 1 nitrogen and oxygen atoms in total. The first kappa shape index (κ1) is 10.6. The number of benzene rings is 1. The van der Waals surface area contributed by atoms with Gasteiger partial charge in [0, 0.05) is 0 Å². The summed E-state index contributed by atoms with van der Waals surface area (Å²) in [7, 11) is 0. The minimum Gasteiger partial charge on any atom is -0.392 e. The van der Waals surface area contributed by atoms with Crippen molar-refractivity contribution in [2.75, 3.05) is 0 Å². The maximum absolute atomic E-state index is 9.46.